The lowest BCUT2D eigenvalue weighted by Crippen LogP contribution is -2.26. The molecule has 0 aliphatic heterocycles. The first-order valence-corrected chi connectivity index (χ1v) is 6.67. The zero-order chi connectivity index (χ0) is 14.5. The fourth-order valence-corrected chi connectivity index (χ4v) is 2.50. The van der Waals surface area contributed by atoms with Gasteiger partial charge in [0.1, 0.15) is 12.4 Å². The monoisotopic (exact) mass is 289 g/mol. The number of hydrogen-bond acceptors (Lipinski definition) is 3. The number of benzene rings is 1. The SMILES string of the molecule is CN(C(=O)c1ccc(C#CCO)s1)c1ccccc1F. The molecule has 0 bridgehead atoms. The molecular weight excluding hydrogens is 277 g/mol. The van der Waals surface area contributed by atoms with E-state index in [-0.39, 0.29) is 18.2 Å². The van der Waals surface area contributed by atoms with Crippen molar-refractivity contribution in [1.82, 2.24) is 0 Å². The first kappa shape index (κ1) is 14.3. The molecule has 1 aromatic carbocycles. The Balaban J connectivity index is 2.23. The van der Waals surface area contributed by atoms with Crippen LogP contribution in [0.3, 0.4) is 0 Å². The number of anilines is 1. The lowest BCUT2D eigenvalue weighted by Gasteiger charge is -2.16. The van der Waals surface area contributed by atoms with Crippen molar-refractivity contribution in [2.24, 2.45) is 0 Å². The van der Waals surface area contributed by atoms with Crippen molar-refractivity contribution in [3.05, 3.63) is 52.0 Å². The first-order chi connectivity index (χ1) is 9.63. The summed E-state index contributed by atoms with van der Waals surface area (Å²) in [6, 6.07) is 9.46. The maximum atomic E-state index is 13.6. The number of thiophene rings is 1. The quantitative estimate of drug-likeness (QED) is 0.863. The van der Waals surface area contributed by atoms with Gasteiger partial charge in [0.15, 0.2) is 0 Å². The van der Waals surface area contributed by atoms with Gasteiger partial charge in [-0.1, -0.05) is 24.0 Å². The van der Waals surface area contributed by atoms with Crippen molar-refractivity contribution in [2.75, 3.05) is 18.6 Å². The highest BCUT2D eigenvalue weighted by atomic mass is 32.1. The fraction of sp³-hybridized carbons (Fsp3) is 0.133. The van der Waals surface area contributed by atoms with Gasteiger partial charge in [0, 0.05) is 7.05 Å². The average molecular weight is 289 g/mol. The summed E-state index contributed by atoms with van der Waals surface area (Å²) in [6.45, 7) is -0.226. The molecular formula is C15H12FNO2S. The Morgan fingerprint density at radius 1 is 1.35 bits per heavy atom. The summed E-state index contributed by atoms with van der Waals surface area (Å²) in [5, 5.41) is 8.63. The lowest BCUT2D eigenvalue weighted by atomic mass is 10.2. The topological polar surface area (TPSA) is 40.5 Å². The number of carbonyl (C=O) groups excluding carboxylic acids is 1. The van der Waals surface area contributed by atoms with E-state index in [4.69, 9.17) is 5.11 Å². The zero-order valence-electron chi connectivity index (χ0n) is 10.8. The summed E-state index contributed by atoms with van der Waals surface area (Å²) in [5.74, 6) is 4.51. The molecule has 2 aromatic rings. The minimum absolute atomic E-state index is 0.226. The highest BCUT2D eigenvalue weighted by Gasteiger charge is 2.17. The van der Waals surface area contributed by atoms with Crippen LogP contribution in [0, 0.1) is 17.7 Å². The predicted molar refractivity (Wildman–Crippen MR) is 77.4 cm³/mol. The van der Waals surface area contributed by atoms with Gasteiger partial charge >= 0.3 is 0 Å². The Kier molecular flexibility index (Phi) is 4.51. The number of rotatable bonds is 2. The molecule has 0 atom stereocenters. The van der Waals surface area contributed by atoms with E-state index < -0.39 is 5.82 Å². The summed E-state index contributed by atoms with van der Waals surface area (Å²) in [5.41, 5.74) is 0.230. The molecule has 0 saturated carbocycles. The summed E-state index contributed by atoms with van der Waals surface area (Å²) < 4.78 is 13.6. The zero-order valence-corrected chi connectivity index (χ0v) is 11.6. The van der Waals surface area contributed by atoms with Crippen LogP contribution < -0.4 is 4.90 Å². The molecule has 1 aromatic heterocycles. The minimum Gasteiger partial charge on any atom is -0.384 e. The summed E-state index contributed by atoms with van der Waals surface area (Å²) in [7, 11) is 1.53. The van der Waals surface area contributed by atoms with Crippen LogP contribution in [0.4, 0.5) is 10.1 Å². The second-order valence-electron chi connectivity index (χ2n) is 3.94. The smallest absolute Gasteiger partial charge is 0.268 e. The normalized spacial score (nSPS) is 9.75. The molecule has 0 aliphatic carbocycles. The van der Waals surface area contributed by atoms with Crippen LogP contribution in [0.1, 0.15) is 14.5 Å². The van der Waals surface area contributed by atoms with Crippen LogP contribution >= 0.6 is 11.3 Å². The van der Waals surface area contributed by atoms with Gasteiger partial charge in [-0.15, -0.1) is 11.3 Å². The maximum Gasteiger partial charge on any atom is 0.268 e. The molecule has 2 rings (SSSR count). The highest BCUT2D eigenvalue weighted by Crippen LogP contribution is 2.22. The third-order valence-electron chi connectivity index (χ3n) is 2.63. The van der Waals surface area contributed by atoms with Crippen LogP contribution in [0.2, 0.25) is 0 Å². The van der Waals surface area contributed by atoms with Crippen molar-refractivity contribution in [3.63, 3.8) is 0 Å². The molecule has 0 radical (unpaired) electrons. The fourth-order valence-electron chi connectivity index (χ4n) is 1.65. The number of hydrogen-bond donors (Lipinski definition) is 1. The van der Waals surface area contributed by atoms with E-state index in [2.05, 4.69) is 11.8 Å². The van der Waals surface area contributed by atoms with E-state index in [1.165, 1.54) is 29.4 Å². The van der Waals surface area contributed by atoms with Crippen LogP contribution in [0.15, 0.2) is 36.4 Å². The van der Waals surface area contributed by atoms with Crippen molar-refractivity contribution in [2.45, 2.75) is 0 Å². The molecule has 1 amide bonds. The van der Waals surface area contributed by atoms with Crippen molar-refractivity contribution in [3.8, 4) is 11.8 Å². The van der Waals surface area contributed by atoms with Gasteiger partial charge in [-0.05, 0) is 24.3 Å². The van der Waals surface area contributed by atoms with Crippen LogP contribution in [0.25, 0.3) is 0 Å². The van der Waals surface area contributed by atoms with Crippen molar-refractivity contribution >= 4 is 22.9 Å². The number of para-hydroxylation sites is 1. The standard InChI is InChI=1S/C15H12FNO2S/c1-17(13-7-3-2-6-12(13)16)15(19)14-9-8-11(20-14)5-4-10-18/h2-3,6-9,18H,10H2,1H3. The second-order valence-corrected chi connectivity index (χ2v) is 5.02. The number of amides is 1. The molecule has 5 heteroatoms. The third kappa shape index (κ3) is 3.05. The second kappa shape index (κ2) is 6.33. The van der Waals surface area contributed by atoms with Gasteiger partial charge in [0.25, 0.3) is 5.91 Å². The van der Waals surface area contributed by atoms with Gasteiger partial charge in [0.05, 0.1) is 15.4 Å². The van der Waals surface area contributed by atoms with E-state index in [0.717, 1.165) is 0 Å². The van der Waals surface area contributed by atoms with Gasteiger partial charge in [0.2, 0.25) is 0 Å². The number of aliphatic hydroxyl groups excluding tert-OH is 1. The molecule has 3 nitrogen and oxygen atoms in total. The molecule has 20 heavy (non-hydrogen) atoms. The van der Waals surface area contributed by atoms with Gasteiger partial charge in [-0.25, -0.2) is 4.39 Å². The molecule has 1 N–H and O–H groups in total. The van der Waals surface area contributed by atoms with E-state index >= 15 is 0 Å². The Bertz CT molecular complexity index is 684. The number of nitrogens with zero attached hydrogens (tertiary/aromatic N) is 1. The maximum absolute atomic E-state index is 13.6. The predicted octanol–water partition coefficient (Wildman–Crippen LogP) is 2.51. The number of carbonyl (C=O) groups is 1. The highest BCUT2D eigenvalue weighted by molar-refractivity contribution is 7.14. The van der Waals surface area contributed by atoms with Crippen molar-refractivity contribution < 1.29 is 14.3 Å². The molecule has 0 spiro atoms. The molecule has 0 saturated heterocycles. The molecule has 0 fully saturated rings. The Hall–Kier alpha value is -2.16. The van der Waals surface area contributed by atoms with E-state index in [1.54, 1.807) is 30.3 Å². The van der Waals surface area contributed by atoms with Crippen LogP contribution in [0.5, 0.6) is 0 Å². The average Bonchev–Trinajstić information content (AvgIpc) is 2.93. The number of aliphatic hydroxyl groups is 1. The van der Waals surface area contributed by atoms with Gasteiger partial charge in [-0.3, -0.25) is 4.79 Å². The number of halogens is 1. The van der Waals surface area contributed by atoms with E-state index in [9.17, 15) is 9.18 Å². The van der Waals surface area contributed by atoms with Crippen LogP contribution in [-0.2, 0) is 0 Å². The van der Waals surface area contributed by atoms with Gasteiger partial charge in [-0.2, -0.15) is 0 Å². The molecule has 0 aliphatic rings. The molecule has 102 valence electrons. The minimum atomic E-state index is -0.444. The summed E-state index contributed by atoms with van der Waals surface area (Å²) in [6.07, 6.45) is 0. The van der Waals surface area contributed by atoms with Crippen molar-refractivity contribution in [1.29, 1.82) is 0 Å². The molecule has 1 heterocycles. The largest absolute Gasteiger partial charge is 0.384 e. The molecule has 0 unspecified atom stereocenters. The lowest BCUT2D eigenvalue weighted by molar-refractivity contribution is 0.0996. The van der Waals surface area contributed by atoms with Crippen LogP contribution in [-0.4, -0.2) is 24.7 Å². The Labute approximate surface area is 120 Å². The van der Waals surface area contributed by atoms with Gasteiger partial charge < -0.3 is 10.0 Å². The summed E-state index contributed by atoms with van der Waals surface area (Å²) in [4.78, 5) is 14.7. The summed E-state index contributed by atoms with van der Waals surface area (Å²) >= 11 is 1.21. The van der Waals surface area contributed by atoms with E-state index in [1.807, 2.05) is 0 Å². The Morgan fingerprint density at radius 2 is 2.10 bits per heavy atom. The Morgan fingerprint density at radius 3 is 2.80 bits per heavy atom. The first-order valence-electron chi connectivity index (χ1n) is 5.85. The van der Waals surface area contributed by atoms with E-state index in [0.29, 0.717) is 9.75 Å². The third-order valence-corrected chi connectivity index (χ3v) is 3.61.